The second-order valence-corrected chi connectivity index (χ2v) is 8.51. The van der Waals surface area contributed by atoms with Crippen LogP contribution in [-0.4, -0.2) is 47.7 Å². The van der Waals surface area contributed by atoms with Crippen molar-refractivity contribution in [2.24, 2.45) is 5.92 Å². The Morgan fingerprint density at radius 2 is 1.87 bits per heavy atom. The molecular formula is C25H29FN2O3. The molecule has 0 spiro atoms. The van der Waals surface area contributed by atoms with Crippen molar-refractivity contribution >= 4 is 11.7 Å². The fourth-order valence-electron chi connectivity index (χ4n) is 4.50. The molecule has 5 nitrogen and oxygen atoms in total. The summed E-state index contributed by atoms with van der Waals surface area (Å²) in [7, 11) is 0. The number of nitrogens with zero attached hydrogens (tertiary/aromatic N) is 2. The Morgan fingerprint density at radius 1 is 1.10 bits per heavy atom. The van der Waals surface area contributed by atoms with E-state index >= 15 is 0 Å². The maximum atomic E-state index is 14.5. The van der Waals surface area contributed by atoms with Gasteiger partial charge >= 0.3 is 0 Å². The van der Waals surface area contributed by atoms with E-state index in [4.69, 9.17) is 4.74 Å². The molecule has 2 aromatic carbocycles. The predicted octanol–water partition coefficient (Wildman–Crippen LogP) is 3.98. The Kier molecular flexibility index (Phi) is 6.66. The zero-order chi connectivity index (χ0) is 21.8. The van der Waals surface area contributed by atoms with Gasteiger partial charge < -0.3 is 9.64 Å². The summed E-state index contributed by atoms with van der Waals surface area (Å²) in [6.45, 7) is 4.55. The summed E-state index contributed by atoms with van der Waals surface area (Å²) in [5.74, 6) is 0.663. The highest BCUT2D eigenvalue weighted by Gasteiger charge is 2.29. The summed E-state index contributed by atoms with van der Waals surface area (Å²) in [4.78, 5) is 28.6. The number of hydrogen-bond acceptors (Lipinski definition) is 4. The fourth-order valence-corrected chi connectivity index (χ4v) is 4.50. The van der Waals surface area contributed by atoms with Gasteiger partial charge in [0.25, 0.3) is 0 Å². The van der Waals surface area contributed by atoms with Crippen molar-refractivity contribution in [1.82, 2.24) is 9.80 Å². The Morgan fingerprint density at radius 3 is 2.68 bits per heavy atom. The van der Waals surface area contributed by atoms with Crippen LogP contribution in [0.1, 0.15) is 43.4 Å². The minimum atomic E-state index is -0.447. The van der Waals surface area contributed by atoms with Crippen LogP contribution in [0.15, 0.2) is 48.5 Å². The van der Waals surface area contributed by atoms with Gasteiger partial charge in [0.2, 0.25) is 5.91 Å². The molecule has 2 atom stereocenters. The van der Waals surface area contributed by atoms with Crippen LogP contribution in [0.5, 0.6) is 5.75 Å². The van der Waals surface area contributed by atoms with E-state index in [9.17, 15) is 14.0 Å². The second kappa shape index (κ2) is 9.60. The van der Waals surface area contributed by atoms with Crippen LogP contribution >= 0.6 is 0 Å². The molecule has 1 fully saturated rings. The van der Waals surface area contributed by atoms with Gasteiger partial charge in [-0.2, -0.15) is 0 Å². The smallest absolute Gasteiger partial charge is 0.223 e. The number of ketones is 1. The van der Waals surface area contributed by atoms with Crippen molar-refractivity contribution < 1.29 is 18.7 Å². The van der Waals surface area contributed by atoms with E-state index in [-0.39, 0.29) is 23.4 Å². The van der Waals surface area contributed by atoms with Gasteiger partial charge in [-0.15, -0.1) is 0 Å². The van der Waals surface area contributed by atoms with Crippen molar-refractivity contribution in [3.8, 4) is 5.75 Å². The lowest BCUT2D eigenvalue weighted by Gasteiger charge is -2.32. The maximum Gasteiger partial charge on any atom is 0.223 e. The lowest BCUT2D eigenvalue weighted by molar-refractivity contribution is -0.135. The van der Waals surface area contributed by atoms with Crippen molar-refractivity contribution in [2.45, 2.75) is 38.8 Å². The molecule has 2 aliphatic rings. The summed E-state index contributed by atoms with van der Waals surface area (Å²) >= 11 is 0. The number of ether oxygens (including phenoxy) is 1. The summed E-state index contributed by atoms with van der Waals surface area (Å²) in [5.41, 5.74) is 1.55. The average Bonchev–Trinajstić information content (AvgIpc) is 2.97. The number of rotatable bonds is 5. The van der Waals surface area contributed by atoms with E-state index < -0.39 is 6.10 Å². The third-order valence-electron chi connectivity index (χ3n) is 6.30. The first-order valence-electron chi connectivity index (χ1n) is 11.0. The van der Waals surface area contributed by atoms with Crippen LogP contribution in [0.2, 0.25) is 0 Å². The van der Waals surface area contributed by atoms with Crippen molar-refractivity contribution in [3.05, 3.63) is 65.5 Å². The summed E-state index contributed by atoms with van der Waals surface area (Å²) in [6, 6.07) is 14.5. The molecule has 2 heterocycles. The summed E-state index contributed by atoms with van der Waals surface area (Å²) < 4.78 is 20.7. The quantitative estimate of drug-likeness (QED) is 0.729. The van der Waals surface area contributed by atoms with Gasteiger partial charge in [0, 0.05) is 56.2 Å². The lowest BCUT2D eigenvalue weighted by atomic mass is 9.94. The molecule has 0 N–H and O–H groups in total. The van der Waals surface area contributed by atoms with Crippen LogP contribution in [0.3, 0.4) is 0 Å². The number of benzene rings is 2. The number of carbonyl (C=O) groups is 2. The van der Waals surface area contributed by atoms with Crippen molar-refractivity contribution in [2.75, 3.05) is 26.2 Å². The van der Waals surface area contributed by atoms with Crippen LogP contribution in [0.4, 0.5) is 4.39 Å². The minimum absolute atomic E-state index is 0.0402. The molecule has 2 aliphatic heterocycles. The first kappa shape index (κ1) is 21.5. The van der Waals surface area contributed by atoms with Crippen molar-refractivity contribution in [1.29, 1.82) is 0 Å². The number of amides is 1. The topological polar surface area (TPSA) is 49.9 Å². The molecule has 2 aromatic rings. The average molecular weight is 425 g/mol. The van der Waals surface area contributed by atoms with Crippen LogP contribution in [0, 0.1) is 11.7 Å². The number of Topliss-reactive ketones (excluding diaryl/α,β-unsaturated/α-hetero) is 1. The number of hydrogen-bond donors (Lipinski definition) is 0. The normalized spacial score (nSPS) is 21.7. The highest BCUT2D eigenvalue weighted by Crippen LogP contribution is 2.32. The number of halogens is 1. The highest BCUT2D eigenvalue weighted by molar-refractivity contribution is 5.81. The number of piperidine rings is 1. The Hall–Kier alpha value is -2.73. The largest absolute Gasteiger partial charge is 0.484 e. The molecule has 4 rings (SSSR count). The van der Waals surface area contributed by atoms with E-state index in [1.807, 2.05) is 35.2 Å². The first-order chi connectivity index (χ1) is 15.0. The minimum Gasteiger partial charge on any atom is -0.484 e. The van der Waals surface area contributed by atoms with E-state index in [1.165, 1.54) is 6.07 Å². The molecular weight excluding hydrogens is 395 g/mol. The zero-order valence-electron chi connectivity index (χ0n) is 17.9. The number of para-hydroxylation sites is 1. The lowest BCUT2D eigenvalue weighted by Crippen LogP contribution is -2.43. The zero-order valence-corrected chi connectivity index (χ0v) is 17.9. The number of carbonyl (C=O) groups excluding carboxylic acids is 2. The van der Waals surface area contributed by atoms with Gasteiger partial charge in [-0.3, -0.25) is 14.5 Å². The molecule has 2 unspecified atom stereocenters. The van der Waals surface area contributed by atoms with Gasteiger partial charge in [-0.05, 0) is 31.9 Å². The van der Waals surface area contributed by atoms with Crippen LogP contribution in [-0.2, 0) is 16.1 Å². The second-order valence-electron chi connectivity index (χ2n) is 8.51. The van der Waals surface area contributed by atoms with E-state index in [1.54, 1.807) is 19.1 Å². The molecule has 0 saturated carbocycles. The SMILES string of the molecule is CC(=O)C1CCCN(C(=O)CCN2Cc3ccccc3OC(c3ccccc3F)C2)C1. The predicted molar refractivity (Wildman–Crippen MR) is 116 cm³/mol. The van der Waals surface area contributed by atoms with Crippen molar-refractivity contribution in [3.63, 3.8) is 0 Å². The summed E-state index contributed by atoms with van der Waals surface area (Å²) in [5, 5.41) is 0. The Bertz CT molecular complexity index is 948. The number of likely N-dealkylation sites (tertiary alicyclic amines) is 1. The van der Waals surface area contributed by atoms with Crippen LogP contribution in [0.25, 0.3) is 0 Å². The molecule has 164 valence electrons. The third kappa shape index (κ3) is 5.13. The molecule has 31 heavy (non-hydrogen) atoms. The van der Waals surface area contributed by atoms with Crippen LogP contribution < -0.4 is 4.74 Å². The molecule has 1 amide bonds. The van der Waals surface area contributed by atoms with Gasteiger partial charge in [0.15, 0.2) is 0 Å². The third-order valence-corrected chi connectivity index (χ3v) is 6.30. The molecule has 0 aliphatic carbocycles. The molecule has 0 radical (unpaired) electrons. The molecule has 6 heteroatoms. The highest BCUT2D eigenvalue weighted by atomic mass is 19.1. The van der Waals surface area contributed by atoms with Gasteiger partial charge in [0.05, 0.1) is 0 Å². The Balaban J connectivity index is 1.46. The fraction of sp³-hybridized carbons (Fsp3) is 0.440. The number of fused-ring (bicyclic) bond motifs is 1. The van der Waals surface area contributed by atoms with Gasteiger partial charge in [-0.1, -0.05) is 36.4 Å². The monoisotopic (exact) mass is 424 g/mol. The van der Waals surface area contributed by atoms with Gasteiger partial charge in [0.1, 0.15) is 23.5 Å². The van der Waals surface area contributed by atoms with Gasteiger partial charge in [-0.25, -0.2) is 4.39 Å². The molecule has 0 aromatic heterocycles. The Labute approximate surface area is 182 Å². The maximum absolute atomic E-state index is 14.5. The van der Waals surface area contributed by atoms with E-state index in [0.29, 0.717) is 44.7 Å². The summed E-state index contributed by atoms with van der Waals surface area (Å²) in [6.07, 6.45) is 1.66. The molecule has 0 bridgehead atoms. The van der Waals surface area contributed by atoms with E-state index in [0.717, 1.165) is 24.2 Å². The first-order valence-corrected chi connectivity index (χ1v) is 11.0. The standard InChI is InChI=1S/C25H29FN2O3/c1-18(29)19-8-6-13-28(16-19)25(30)12-14-27-15-20-7-2-5-11-23(20)31-24(17-27)21-9-3-4-10-22(21)26/h2-5,7,9-11,19,24H,6,8,12-17H2,1H3. The molecule has 1 saturated heterocycles. The van der Waals surface area contributed by atoms with E-state index in [2.05, 4.69) is 4.90 Å².